The largest absolute Gasteiger partial charge is 0.372 e. The summed E-state index contributed by atoms with van der Waals surface area (Å²) in [6, 6.07) is 0. The number of hydrogen-bond acceptors (Lipinski definition) is 4. The Morgan fingerprint density at radius 2 is 2.00 bits per heavy atom. The number of hydrogen-bond donors (Lipinski definition) is 1. The molecule has 1 atom stereocenters. The smallest absolute Gasteiger partial charge is 0.148 e. The zero-order chi connectivity index (χ0) is 14.8. The van der Waals surface area contributed by atoms with E-state index >= 15 is 0 Å². The van der Waals surface area contributed by atoms with Gasteiger partial charge in [-0.3, -0.25) is 0 Å². The number of nitrogens with one attached hydrogen (secondary N) is 1. The van der Waals surface area contributed by atoms with E-state index in [0.29, 0.717) is 5.41 Å². The van der Waals surface area contributed by atoms with Crippen molar-refractivity contribution in [2.75, 3.05) is 30.4 Å². The molecule has 5 heteroatoms. The monoisotopic (exact) mass is 340 g/mol. The summed E-state index contributed by atoms with van der Waals surface area (Å²) in [5.74, 6) is 2.66. The molecule has 2 rings (SSSR count). The Bertz CT molecular complexity index is 456. The van der Waals surface area contributed by atoms with Crippen molar-refractivity contribution in [3.8, 4) is 0 Å². The van der Waals surface area contributed by atoms with E-state index in [0.717, 1.165) is 35.1 Å². The van der Waals surface area contributed by atoms with E-state index in [2.05, 4.69) is 56.9 Å². The van der Waals surface area contributed by atoms with Gasteiger partial charge in [-0.15, -0.1) is 0 Å². The van der Waals surface area contributed by atoms with Crippen LogP contribution < -0.4 is 10.2 Å². The first-order valence-corrected chi connectivity index (χ1v) is 8.16. The van der Waals surface area contributed by atoms with Gasteiger partial charge in [0.1, 0.15) is 22.4 Å². The van der Waals surface area contributed by atoms with Gasteiger partial charge in [-0.1, -0.05) is 20.8 Å². The van der Waals surface area contributed by atoms with Crippen molar-refractivity contribution in [3.05, 3.63) is 10.8 Å². The maximum absolute atomic E-state index is 4.47. The molecular weight excluding hydrogens is 316 g/mol. The van der Waals surface area contributed by atoms with Crippen LogP contribution >= 0.6 is 15.9 Å². The maximum Gasteiger partial charge on any atom is 0.148 e. The van der Waals surface area contributed by atoms with Crippen molar-refractivity contribution in [3.63, 3.8) is 0 Å². The van der Waals surface area contributed by atoms with Gasteiger partial charge in [-0.25, -0.2) is 9.97 Å². The van der Waals surface area contributed by atoms with Crippen LogP contribution in [0.3, 0.4) is 0 Å². The Morgan fingerprint density at radius 3 is 2.65 bits per heavy atom. The standard InChI is InChI=1S/C15H25BrN4/c1-15(2,3)11-6-5-8-20(9-7-11)14-12(16)13(17-4)18-10-19-14/h10-11H,5-9H2,1-4H3,(H,17,18,19). The lowest BCUT2D eigenvalue weighted by Crippen LogP contribution is -2.27. The van der Waals surface area contributed by atoms with E-state index in [9.17, 15) is 0 Å². The highest BCUT2D eigenvalue weighted by atomic mass is 79.9. The molecule has 1 aromatic rings. The third-order valence-electron chi connectivity index (χ3n) is 4.26. The molecule has 112 valence electrons. The number of halogens is 1. The fraction of sp³-hybridized carbons (Fsp3) is 0.733. The van der Waals surface area contributed by atoms with Gasteiger partial charge in [0.05, 0.1) is 0 Å². The maximum atomic E-state index is 4.47. The van der Waals surface area contributed by atoms with Crippen LogP contribution in [0.2, 0.25) is 0 Å². The predicted molar refractivity (Wildman–Crippen MR) is 88.3 cm³/mol. The van der Waals surface area contributed by atoms with Gasteiger partial charge in [0.2, 0.25) is 0 Å². The van der Waals surface area contributed by atoms with Gasteiger partial charge >= 0.3 is 0 Å². The summed E-state index contributed by atoms with van der Waals surface area (Å²) in [4.78, 5) is 11.1. The van der Waals surface area contributed by atoms with Gasteiger partial charge in [0.15, 0.2) is 0 Å². The molecule has 1 aliphatic rings. The summed E-state index contributed by atoms with van der Waals surface area (Å²) in [7, 11) is 1.88. The van der Waals surface area contributed by atoms with Crippen LogP contribution in [0, 0.1) is 11.3 Å². The molecule has 1 fully saturated rings. The van der Waals surface area contributed by atoms with Crippen LogP contribution in [0.15, 0.2) is 10.8 Å². The molecule has 1 aromatic heterocycles. The van der Waals surface area contributed by atoms with Crippen molar-refractivity contribution in [2.24, 2.45) is 11.3 Å². The molecule has 1 saturated heterocycles. The molecule has 0 saturated carbocycles. The van der Waals surface area contributed by atoms with Crippen molar-refractivity contribution in [1.29, 1.82) is 0 Å². The van der Waals surface area contributed by atoms with E-state index in [4.69, 9.17) is 0 Å². The summed E-state index contributed by atoms with van der Waals surface area (Å²) in [5.41, 5.74) is 0.398. The van der Waals surface area contributed by atoms with Crippen LogP contribution in [0.5, 0.6) is 0 Å². The number of nitrogens with zero attached hydrogens (tertiary/aromatic N) is 3. The SMILES string of the molecule is CNc1ncnc(N2CCCC(C(C)(C)C)CC2)c1Br. The van der Waals surface area contributed by atoms with Crippen LogP contribution in [0.1, 0.15) is 40.0 Å². The lowest BCUT2D eigenvalue weighted by atomic mass is 9.77. The highest BCUT2D eigenvalue weighted by molar-refractivity contribution is 9.10. The first-order chi connectivity index (χ1) is 9.43. The highest BCUT2D eigenvalue weighted by Crippen LogP contribution is 2.36. The second kappa shape index (κ2) is 6.29. The summed E-state index contributed by atoms with van der Waals surface area (Å²) in [6.07, 6.45) is 5.40. The third kappa shape index (κ3) is 3.43. The van der Waals surface area contributed by atoms with Gasteiger partial charge in [-0.05, 0) is 46.5 Å². The lowest BCUT2D eigenvalue weighted by Gasteiger charge is -2.30. The molecule has 4 nitrogen and oxygen atoms in total. The van der Waals surface area contributed by atoms with Gasteiger partial charge in [0, 0.05) is 20.1 Å². The van der Waals surface area contributed by atoms with Crippen molar-refractivity contribution in [1.82, 2.24) is 9.97 Å². The molecule has 2 heterocycles. The first kappa shape index (κ1) is 15.5. The molecule has 0 radical (unpaired) electrons. The zero-order valence-electron chi connectivity index (χ0n) is 12.9. The van der Waals surface area contributed by atoms with Gasteiger partial charge in [-0.2, -0.15) is 0 Å². The van der Waals surface area contributed by atoms with Crippen molar-refractivity contribution >= 4 is 27.6 Å². The Labute approximate surface area is 130 Å². The first-order valence-electron chi connectivity index (χ1n) is 7.36. The Morgan fingerprint density at radius 1 is 1.25 bits per heavy atom. The third-order valence-corrected chi connectivity index (χ3v) is 4.99. The van der Waals surface area contributed by atoms with Crippen LogP contribution in [0.4, 0.5) is 11.6 Å². The van der Waals surface area contributed by atoms with E-state index in [-0.39, 0.29) is 0 Å². The second-order valence-electron chi connectivity index (χ2n) is 6.59. The molecule has 0 spiro atoms. The van der Waals surface area contributed by atoms with Crippen molar-refractivity contribution < 1.29 is 0 Å². The number of aromatic nitrogens is 2. The summed E-state index contributed by atoms with van der Waals surface area (Å²) in [6.45, 7) is 9.21. The van der Waals surface area contributed by atoms with E-state index in [1.165, 1.54) is 19.3 Å². The van der Waals surface area contributed by atoms with Gasteiger partial charge < -0.3 is 10.2 Å². The Balaban J connectivity index is 2.15. The average molecular weight is 341 g/mol. The predicted octanol–water partition coefficient (Wildman–Crippen LogP) is 3.93. The molecule has 1 aliphatic heterocycles. The normalized spacial score (nSPS) is 20.6. The number of rotatable bonds is 2. The Kier molecular flexibility index (Phi) is 4.89. The van der Waals surface area contributed by atoms with E-state index < -0.39 is 0 Å². The fourth-order valence-electron chi connectivity index (χ4n) is 2.93. The quantitative estimate of drug-likeness (QED) is 0.885. The molecule has 1 N–H and O–H groups in total. The van der Waals surface area contributed by atoms with Crippen LogP contribution in [-0.4, -0.2) is 30.1 Å². The van der Waals surface area contributed by atoms with E-state index in [1.54, 1.807) is 6.33 Å². The molecular formula is C15H25BrN4. The minimum absolute atomic E-state index is 0.398. The van der Waals surface area contributed by atoms with E-state index in [1.807, 2.05) is 7.05 Å². The molecule has 0 aromatic carbocycles. The summed E-state index contributed by atoms with van der Waals surface area (Å²) >= 11 is 3.63. The summed E-state index contributed by atoms with van der Waals surface area (Å²) in [5, 5.41) is 3.10. The molecule has 0 aliphatic carbocycles. The minimum atomic E-state index is 0.398. The highest BCUT2D eigenvalue weighted by Gasteiger charge is 2.28. The Hall–Kier alpha value is -0.840. The minimum Gasteiger partial charge on any atom is -0.372 e. The van der Waals surface area contributed by atoms with Crippen LogP contribution in [-0.2, 0) is 0 Å². The molecule has 20 heavy (non-hydrogen) atoms. The average Bonchev–Trinajstić information content (AvgIpc) is 2.64. The second-order valence-corrected chi connectivity index (χ2v) is 7.38. The summed E-state index contributed by atoms with van der Waals surface area (Å²) < 4.78 is 0.969. The molecule has 1 unspecified atom stereocenters. The zero-order valence-corrected chi connectivity index (χ0v) is 14.5. The van der Waals surface area contributed by atoms with Gasteiger partial charge in [0.25, 0.3) is 0 Å². The number of anilines is 2. The lowest BCUT2D eigenvalue weighted by molar-refractivity contribution is 0.220. The van der Waals surface area contributed by atoms with Crippen LogP contribution in [0.25, 0.3) is 0 Å². The fourth-order valence-corrected chi connectivity index (χ4v) is 3.58. The molecule has 0 amide bonds. The topological polar surface area (TPSA) is 41.1 Å². The molecule has 0 bridgehead atoms. The van der Waals surface area contributed by atoms with Crippen molar-refractivity contribution in [2.45, 2.75) is 40.0 Å².